The lowest BCUT2D eigenvalue weighted by molar-refractivity contribution is -0.119. The summed E-state index contributed by atoms with van der Waals surface area (Å²) < 4.78 is 1.95. The molecule has 0 radical (unpaired) electrons. The number of carbonyl (C=O) groups excluding carboxylic acids is 1. The van der Waals surface area contributed by atoms with E-state index in [2.05, 4.69) is 21.6 Å². The monoisotopic (exact) mass is 432 g/mol. The van der Waals surface area contributed by atoms with Gasteiger partial charge in [-0.1, -0.05) is 23.4 Å². The molecule has 0 spiro atoms. The fourth-order valence-electron chi connectivity index (χ4n) is 3.05. The molecule has 1 saturated carbocycles. The van der Waals surface area contributed by atoms with E-state index in [-0.39, 0.29) is 23.6 Å². The van der Waals surface area contributed by atoms with Gasteiger partial charge in [0, 0.05) is 10.7 Å². The number of carbonyl (C=O) groups is 1. The molecule has 9 heteroatoms. The van der Waals surface area contributed by atoms with Crippen molar-refractivity contribution < 1.29 is 4.79 Å². The van der Waals surface area contributed by atoms with Crippen molar-refractivity contribution >= 4 is 29.3 Å². The van der Waals surface area contributed by atoms with Gasteiger partial charge in [-0.3, -0.25) is 14.3 Å². The zero-order valence-corrected chi connectivity index (χ0v) is 18.6. The van der Waals surface area contributed by atoms with E-state index in [4.69, 9.17) is 11.6 Å². The quantitative estimate of drug-likeness (QED) is 0.643. The molecule has 0 aliphatic heterocycles. The molecule has 2 atom stereocenters. The molecule has 1 heterocycles. The lowest BCUT2D eigenvalue weighted by atomic mass is 9.98. The third-order valence-corrected chi connectivity index (χ3v) is 6.43. The Kier molecular flexibility index (Phi) is 6.52. The van der Waals surface area contributed by atoms with Crippen molar-refractivity contribution in [1.82, 2.24) is 25.0 Å². The molecule has 1 fully saturated rings. The number of thioether (sulfide) groups is 1. The van der Waals surface area contributed by atoms with Crippen molar-refractivity contribution in [3.63, 3.8) is 0 Å². The van der Waals surface area contributed by atoms with Crippen molar-refractivity contribution in [2.45, 2.75) is 43.4 Å². The van der Waals surface area contributed by atoms with Crippen LogP contribution in [-0.4, -0.2) is 51.0 Å². The number of nitrogens with one attached hydrogen (secondary N) is 1. The first-order valence-electron chi connectivity index (χ1n) is 9.48. The van der Waals surface area contributed by atoms with Crippen LogP contribution in [0, 0.1) is 17.2 Å². The summed E-state index contributed by atoms with van der Waals surface area (Å²) in [5, 5.41) is 22.3. The Morgan fingerprint density at radius 3 is 2.62 bits per heavy atom. The zero-order chi connectivity index (χ0) is 21.2. The second-order valence-electron chi connectivity index (χ2n) is 7.72. The van der Waals surface area contributed by atoms with Gasteiger partial charge in [-0.2, -0.15) is 5.26 Å². The molecule has 1 aliphatic rings. The molecule has 1 aromatic heterocycles. The number of amides is 1. The number of halogens is 1. The van der Waals surface area contributed by atoms with Gasteiger partial charge in [0.25, 0.3) is 0 Å². The molecule has 1 aliphatic carbocycles. The highest BCUT2D eigenvalue weighted by Gasteiger charge is 2.43. The highest BCUT2D eigenvalue weighted by atomic mass is 35.5. The first-order chi connectivity index (χ1) is 13.7. The highest BCUT2D eigenvalue weighted by Crippen LogP contribution is 2.39. The minimum atomic E-state index is -0.800. The minimum Gasteiger partial charge on any atom is -0.337 e. The summed E-state index contributed by atoms with van der Waals surface area (Å²) in [6.45, 7) is 3.84. The summed E-state index contributed by atoms with van der Waals surface area (Å²) in [6, 6.07) is 9.72. The maximum absolute atomic E-state index is 12.5. The molecular formula is C20H25ClN6OS. The Morgan fingerprint density at radius 2 is 2.07 bits per heavy atom. The van der Waals surface area contributed by atoms with Crippen molar-refractivity contribution in [2.24, 2.45) is 5.92 Å². The first kappa shape index (κ1) is 21.6. The lowest BCUT2D eigenvalue weighted by Crippen LogP contribution is -2.47. The van der Waals surface area contributed by atoms with Gasteiger partial charge in [0.15, 0.2) is 11.0 Å². The number of benzene rings is 1. The average molecular weight is 433 g/mol. The van der Waals surface area contributed by atoms with Crippen LogP contribution < -0.4 is 5.32 Å². The largest absolute Gasteiger partial charge is 0.337 e. The molecule has 2 unspecified atom stereocenters. The second kappa shape index (κ2) is 8.74. The van der Waals surface area contributed by atoms with Gasteiger partial charge in [-0.25, -0.2) is 0 Å². The second-order valence-corrected chi connectivity index (χ2v) is 9.10. The predicted molar refractivity (Wildman–Crippen MR) is 114 cm³/mol. The zero-order valence-electron chi connectivity index (χ0n) is 17.0. The van der Waals surface area contributed by atoms with Gasteiger partial charge in [-0.15, -0.1) is 10.2 Å². The van der Waals surface area contributed by atoms with E-state index in [1.54, 1.807) is 6.92 Å². The molecule has 0 bridgehead atoms. The van der Waals surface area contributed by atoms with Crippen LogP contribution in [0.15, 0.2) is 29.4 Å². The van der Waals surface area contributed by atoms with E-state index in [0.717, 1.165) is 24.4 Å². The summed E-state index contributed by atoms with van der Waals surface area (Å²) in [5.74, 6) is 0.997. The normalized spacial score (nSPS) is 16.9. The van der Waals surface area contributed by atoms with Crippen LogP contribution in [0.3, 0.4) is 0 Å². The van der Waals surface area contributed by atoms with Crippen molar-refractivity contribution in [2.75, 3.05) is 19.8 Å². The molecule has 3 rings (SSSR count). The number of rotatable bonds is 8. The van der Waals surface area contributed by atoms with Gasteiger partial charge in [0.2, 0.25) is 5.91 Å². The van der Waals surface area contributed by atoms with E-state index in [0.29, 0.717) is 10.2 Å². The van der Waals surface area contributed by atoms with E-state index in [1.807, 2.05) is 54.8 Å². The predicted octanol–water partition coefficient (Wildman–Crippen LogP) is 3.44. The van der Waals surface area contributed by atoms with Crippen LogP contribution in [0.2, 0.25) is 5.02 Å². The molecule has 0 saturated heterocycles. The molecule has 1 N–H and O–H groups in total. The Hall–Kier alpha value is -2.08. The molecule has 2 aromatic rings. The molecule has 154 valence electrons. The first-order valence-corrected chi connectivity index (χ1v) is 10.8. The van der Waals surface area contributed by atoms with Crippen molar-refractivity contribution in [3.05, 3.63) is 35.1 Å². The number of nitrogens with zero attached hydrogens (tertiary/aromatic N) is 5. The van der Waals surface area contributed by atoms with Crippen LogP contribution in [-0.2, 0) is 4.79 Å². The van der Waals surface area contributed by atoms with Crippen LogP contribution in [0.25, 0.3) is 5.69 Å². The Labute approximate surface area is 180 Å². The standard InChI is InChI=1S/C20H25ClN6OS/c1-13(26(3)4)18-24-25-19(27(18)16-9-7-15(21)8-10-16)29-11-17(28)23-20(2,12-22)14-5-6-14/h7-10,13-14H,5-6,11H2,1-4H3,(H,23,28). The Morgan fingerprint density at radius 1 is 1.41 bits per heavy atom. The Bertz CT molecular complexity index is 918. The number of hydrogen-bond donors (Lipinski definition) is 1. The maximum atomic E-state index is 12.5. The Balaban J connectivity index is 1.81. The van der Waals surface area contributed by atoms with Gasteiger partial charge >= 0.3 is 0 Å². The number of nitriles is 1. The summed E-state index contributed by atoms with van der Waals surface area (Å²) in [7, 11) is 3.96. The molecule has 1 aromatic carbocycles. The van der Waals surface area contributed by atoms with E-state index in [1.165, 1.54) is 11.8 Å². The summed E-state index contributed by atoms with van der Waals surface area (Å²) in [4.78, 5) is 14.5. The van der Waals surface area contributed by atoms with Crippen molar-refractivity contribution in [3.8, 4) is 11.8 Å². The summed E-state index contributed by atoms with van der Waals surface area (Å²) in [6.07, 6.45) is 1.96. The number of aromatic nitrogens is 3. The molecule has 29 heavy (non-hydrogen) atoms. The van der Waals surface area contributed by atoms with E-state index >= 15 is 0 Å². The van der Waals surface area contributed by atoms with E-state index < -0.39 is 5.54 Å². The smallest absolute Gasteiger partial charge is 0.231 e. The molecule has 7 nitrogen and oxygen atoms in total. The summed E-state index contributed by atoms with van der Waals surface area (Å²) >= 11 is 7.34. The minimum absolute atomic E-state index is 0.0260. The summed E-state index contributed by atoms with van der Waals surface area (Å²) in [5.41, 5.74) is 0.0809. The SMILES string of the molecule is CC(c1nnc(SCC(=O)NC(C)(C#N)C2CC2)n1-c1ccc(Cl)cc1)N(C)C. The van der Waals surface area contributed by atoms with E-state index in [9.17, 15) is 10.1 Å². The van der Waals surface area contributed by atoms with Crippen LogP contribution in [0.5, 0.6) is 0 Å². The van der Waals surface area contributed by atoms with Crippen LogP contribution in [0.1, 0.15) is 38.6 Å². The van der Waals surface area contributed by atoms with Crippen molar-refractivity contribution in [1.29, 1.82) is 5.26 Å². The lowest BCUT2D eigenvalue weighted by Gasteiger charge is -2.23. The average Bonchev–Trinajstić information content (AvgIpc) is 3.47. The van der Waals surface area contributed by atoms with Crippen LogP contribution >= 0.6 is 23.4 Å². The van der Waals surface area contributed by atoms with Gasteiger partial charge in [-0.05, 0) is 71.0 Å². The van der Waals surface area contributed by atoms with Gasteiger partial charge in [0.1, 0.15) is 5.54 Å². The fraction of sp³-hybridized carbons (Fsp3) is 0.500. The molecule has 1 amide bonds. The molecular weight excluding hydrogens is 408 g/mol. The van der Waals surface area contributed by atoms with Gasteiger partial charge in [0.05, 0.1) is 17.9 Å². The highest BCUT2D eigenvalue weighted by molar-refractivity contribution is 7.99. The third kappa shape index (κ3) is 4.92. The number of hydrogen-bond acceptors (Lipinski definition) is 6. The fourth-order valence-corrected chi connectivity index (χ4v) is 3.93. The maximum Gasteiger partial charge on any atom is 0.231 e. The van der Waals surface area contributed by atoms with Crippen LogP contribution in [0.4, 0.5) is 0 Å². The third-order valence-electron chi connectivity index (χ3n) is 5.25. The van der Waals surface area contributed by atoms with Gasteiger partial charge < -0.3 is 5.32 Å². The topological polar surface area (TPSA) is 86.8 Å².